The van der Waals surface area contributed by atoms with E-state index in [9.17, 15) is 34.8 Å². The zero-order valence-corrected chi connectivity index (χ0v) is 29.8. The molecule has 0 saturated heterocycles. The number of benzene rings is 2. The lowest BCUT2D eigenvalue weighted by Crippen LogP contribution is -2.33. The minimum absolute atomic E-state index is 0.00408. The number of sulfone groups is 1. The summed E-state index contributed by atoms with van der Waals surface area (Å²) in [6, 6.07) is 5.40. The lowest BCUT2D eigenvalue weighted by atomic mass is 10.1. The highest BCUT2D eigenvalue weighted by Crippen LogP contribution is 2.34. The van der Waals surface area contributed by atoms with E-state index < -0.39 is 59.9 Å². The number of ether oxygens (including phenoxy) is 3. The fourth-order valence-electron chi connectivity index (χ4n) is 4.01. The zero-order chi connectivity index (χ0) is 36.9. The maximum atomic E-state index is 14.3. The minimum atomic E-state index is -5.21. The molecule has 4 rings (SSSR count). The molecule has 2 heterocycles. The monoisotopic (exact) mass is 771 g/mol. The Morgan fingerprint density at radius 1 is 1.04 bits per heavy atom. The number of anilines is 1. The van der Waals surface area contributed by atoms with Gasteiger partial charge in [-0.3, -0.25) is 9.10 Å². The second kappa shape index (κ2) is 15.7. The van der Waals surface area contributed by atoms with Crippen LogP contribution < -0.4 is 18.5 Å². The Bertz CT molecular complexity index is 1950. The van der Waals surface area contributed by atoms with Crippen LogP contribution >= 0.6 is 23.2 Å². The van der Waals surface area contributed by atoms with Crippen molar-refractivity contribution >= 4 is 59.6 Å². The van der Waals surface area contributed by atoms with E-state index in [0.717, 1.165) is 18.2 Å². The van der Waals surface area contributed by atoms with E-state index in [0.29, 0.717) is 30.0 Å². The Labute approximate surface area is 290 Å². The number of nitrogens with zero attached hydrogens (tertiary/aromatic N) is 5. The molecule has 0 radical (unpaired) electrons. The lowest BCUT2D eigenvalue weighted by Gasteiger charge is -2.21. The van der Waals surface area contributed by atoms with Crippen LogP contribution in [0.4, 0.5) is 18.9 Å². The van der Waals surface area contributed by atoms with E-state index in [1.165, 1.54) is 26.4 Å². The van der Waals surface area contributed by atoms with Crippen molar-refractivity contribution in [2.75, 3.05) is 32.2 Å². The first-order chi connectivity index (χ1) is 22.8. The molecule has 49 heavy (non-hydrogen) atoms. The van der Waals surface area contributed by atoms with Crippen molar-refractivity contribution in [3.8, 4) is 17.8 Å². The fourth-order valence-corrected chi connectivity index (χ4v) is 6.77. The largest absolute Gasteiger partial charge is 0.492 e. The number of carbonyl (C=O) groups is 1. The van der Waals surface area contributed by atoms with Gasteiger partial charge < -0.3 is 19.0 Å². The number of alkyl halides is 2. The quantitative estimate of drug-likeness (QED) is 0.237. The van der Waals surface area contributed by atoms with Crippen molar-refractivity contribution in [1.29, 1.82) is 0 Å². The fraction of sp³-hybridized carbons (Fsp3) is 0.393. The average Bonchev–Trinajstić information content (AvgIpc) is 3.42. The molecule has 0 aliphatic carbocycles. The van der Waals surface area contributed by atoms with Gasteiger partial charge in [0.2, 0.25) is 11.6 Å². The maximum Gasteiger partial charge on any atom is 0.355 e. The summed E-state index contributed by atoms with van der Waals surface area (Å²) < 4.78 is 103. The van der Waals surface area contributed by atoms with Gasteiger partial charge in [0.1, 0.15) is 17.2 Å². The molecule has 0 atom stereocenters. The van der Waals surface area contributed by atoms with Gasteiger partial charge in [-0.05, 0) is 44.5 Å². The molecule has 14 nitrogen and oxygen atoms in total. The third kappa shape index (κ3) is 9.40. The topological polar surface area (TPSA) is 177 Å². The molecule has 1 aliphatic rings. The first kappa shape index (κ1) is 39.5. The number of ketones is 1. The smallest absolute Gasteiger partial charge is 0.355 e. The lowest BCUT2D eigenvalue weighted by molar-refractivity contribution is 0.0123. The Kier molecular flexibility index (Phi) is 12.7. The molecule has 0 spiro atoms. The highest BCUT2D eigenvalue weighted by Gasteiger charge is 2.37. The van der Waals surface area contributed by atoms with Crippen molar-refractivity contribution in [2.45, 2.75) is 44.3 Å². The van der Waals surface area contributed by atoms with Crippen molar-refractivity contribution in [3.05, 3.63) is 63.1 Å². The van der Waals surface area contributed by atoms with Crippen LogP contribution in [0.3, 0.4) is 0 Å². The summed E-state index contributed by atoms with van der Waals surface area (Å²) in [5, 5.41) is 4.32. The number of rotatable bonds is 11. The number of aromatic nitrogens is 3. The van der Waals surface area contributed by atoms with Gasteiger partial charge in [-0.15, -0.1) is 4.98 Å². The molecule has 1 aromatic heterocycles. The summed E-state index contributed by atoms with van der Waals surface area (Å²) in [5.74, 6) is -6.50. The summed E-state index contributed by atoms with van der Waals surface area (Å²) in [6.07, 6.45) is 0.234. The molecule has 21 heteroatoms. The van der Waals surface area contributed by atoms with Gasteiger partial charge in [0.25, 0.3) is 10.0 Å². The van der Waals surface area contributed by atoms with E-state index in [1.54, 1.807) is 13.8 Å². The SMILES string of the molecule is CCOc1cc(Cl)c(CS(=O)(=O)C2=NOC(C)(C)C2)cc1Cl.COc1nc(OC)nc(C(=O)c2cccc(F)c2N(C)S(=O)(=O)C(F)F)n1. The Hall–Kier alpha value is -3.94. The van der Waals surface area contributed by atoms with Crippen molar-refractivity contribution in [3.63, 3.8) is 0 Å². The maximum absolute atomic E-state index is 14.3. The molecule has 0 amide bonds. The van der Waals surface area contributed by atoms with Gasteiger partial charge in [0.15, 0.2) is 14.9 Å². The molecule has 0 fully saturated rings. The molecule has 0 bridgehead atoms. The number of oxime groups is 1. The van der Waals surface area contributed by atoms with Crippen molar-refractivity contribution in [1.82, 2.24) is 15.0 Å². The molecule has 0 unspecified atom stereocenters. The molecule has 0 N–H and O–H groups in total. The molecule has 3 aromatic rings. The summed E-state index contributed by atoms with van der Waals surface area (Å²) in [4.78, 5) is 28.9. The van der Waals surface area contributed by atoms with Crippen molar-refractivity contribution < 1.29 is 53.8 Å². The number of para-hydroxylation sites is 1. The van der Waals surface area contributed by atoms with E-state index in [2.05, 4.69) is 20.1 Å². The number of hydrogen-bond donors (Lipinski definition) is 0. The number of hydrogen-bond acceptors (Lipinski definition) is 13. The Balaban J connectivity index is 0.000000271. The second-order valence-electron chi connectivity index (χ2n) is 10.4. The third-order valence-corrected chi connectivity index (χ3v) is 10.1. The summed E-state index contributed by atoms with van der Waals surface area (Å²) >= 11 is 12.2. The molecule has 0 saturated carbocycles. The van der Waals surface area contributed by atoms with Gasteiger partial charge in [0.05, 0.1) is 42.9 Å². The van der Waals surface area contributed by atoms with E-state index in [1.807, 2.05) is 6.92 Å². The number of halogens is 5. The van der Waals surface area contributed by atoms with Gasteiger partial charge in [-0.1, -0.05) is 34.4 Å². The summed E-state index contributed by atoms with van der Waals surface area (Å²) in [6.45, 7) is 5.82. The van der Waals surface area contributed by atoms with Gasteiger partial charge >= 0.3 is 17.8 Å². The molecule has 1 aliphatic heterocycles. The van der Waals surface area contributed by atoms with Gasteiger partial charge in [-0.25, -0.2) is 21.2 Å². The first-order valence-corrected chi connectivity index (χ1v) is 17.7. The first-order valence-electron chi connectivity index (χ1n) is 13.8. The van der Waals surface area contributed by atoms with E-state index >= 15 is 0 Å². The molecule has 268 valence electrons. The Morgan fingerprint density at radius 2 is 1.65 bits per heavy atom. The van der Waals surface area contributed by atoms with Crippen LogP contribution in [0.15, 0.2) is 35.5 Å². The predicted octanol–water partition coefficient (Wildman–Crippen LogP) is 5.07. The Morgan fingerprint density at radius 3 is 2.16 bits per heavy atom. The van der Waals surface area contributed by atoms with Gasteiger partial charge in [-0.2, -0.15) is 18.7 Å². The number of carbonyl (C=O) groups excluding carboxylic acids is 1. The van der Waals surface area contributed by atoms with Crippen LogP contribution in [0.1, 0.15) is 48.9 Å². The average molecular weight is 773 g/mol. The minimum Gasteiger partial charge on any atom is -0.492 e. The standard InChI is InChI=1S/C14H17Cl2NO4S.C14H13F3N4O5S/c1-4-20-12-6-10(15)9(5-11(12)16)8-22(18,19)13-7-14(2,3)21-17-13;1-21(27(23,24)12(16)17)9-7(5-4-6-8(9)15)10(22)11-18-13(25-2)20-14(19-11)26-3/h5-6H,4,7-8H2,1-3H3;4-6,12H,1-3H3. The zero-order valence-electron chi connectivity index (χ0n) is 26.7. The summed E-state index contributed by atoms with van der Waals surface area (Å²) in [7, 11) is -5.70. The number of methoxy groups -OCH3 is 2. The van der Waals surface area contributed by atoms with Crippen LogP contribution in [0, 0.1) is 5.82 Å². The third-order valence-electron chi connectivity index (χ3n) is 6.39. The molecular weight excluding hydrogens is 742 g/mol. The van der Waals surface area contributed by atoms with Gasteiger partial charge in [0, 0.05) is 24.6 Å². The van der Waals surface area contributed by atoms with Crippen LogP contribution in [0.25, 0.3) is 0 Å². The van der Waals surface area contributed by atoms with E-state index in [4.69, 9.17) is 42.3 Å². The van der Waals surface area contributed by atoms with Crippen LogP contribution in [0.2, 0.25) is 10.0 Å². The highest BCUT2D eigenvalue weighted by atomic mass is 35.5. The normalized spacial score (nSPS) is 13.9. The molecular formula is C28H30Cl2F3N5O9S2. The van der Waals surface area contributed by atoms with Crippen molar-refractivity contribution in [2.24, 2.45) is 5.16 Å². The van der Waals surface area contributed by atoms with Crippen LogP contribution in [0.5, 0.6) is 17.8 Å². The van der Waals surface area contributed by atoms with Crippen LogP contribution in [-0.2, 0) is 30.5 Å². The van der Waals surface area contributed by atoms with Crippen LogP contribution in [-0.4, -0.2) is 81.8 Å². The highest BCUT2D eigenvalue weighted by molar-refractivity contribution is 8.05. The van der Waals surface area contributed by atoms with E-state index in [-0.39, 0.29) is 38.6 Å². The number of sulfonamides is 1. The predicted molar refractivity (Wildman–Crippen MR) is 174 cm³/mol. The summed E-state index contributed by atoms with van der Waals surface area (Å²) in [5.41, 5.74) is -1.64. The second-order valence-corrected chi connectivity index (χ2v) is 15.2. The molecule has 2 aromatic carbocycles.